The second kappa shape index (κ2) is 8.27. The van der Waals surface area contributed by atoms with Gasteiger partial charge >= 0.3 is 0 Å². The Kier molecular flexibility index (Phi) is 6.36. The molecule has 1 aliphatic heterocycles. The number of piperidine rings is 1. The number of likely N-dealkylation sites (tertiary alicyclic amines) is 1. The van der Waals surface area contributed by atoms with E-state index in [2.05, 4.69) is 17.1 Å². The van der Waals surface area contributed by atoms with Crippen LogP contribution in [0.4, 0.5) is 0 Å². The average Bonchev–Trinajstić information content (AvgIpc) is 2.95. The number of nitrogens with two attached hydrogens (primary N) is 1. The van der Waals surface area contributed by atoms with Crippen molar-refractivity contribution in [2.75, 3.05) is 13.1 Å². The first-order valence-electron chi connectivity index (χ1n) is 8.45. The molecule has 0 aromatic carbocycles. The summed E-state index contributed by atoms with van der Waals surface area (Å²) in [6.07, 6.45) is 6.00. The van der Waals surface area contributed by atoms with Crippen LogP contribution < -0.4 is 5.73 Å². The van der Waals surface area contributed by atoms with Gasteiger partial charge in [-0.15, -0.1) is 0 Å². The summed E-state index contributed by atoms with van der Waals surface area (Å²) in [5, 5.41) is 3.93. The van der Waals surface area contributed by atoms with Crippen molar-refractivity contribution >= 4 is 5.91 Å². The van der Waals surface area contributed by atoms with Crippen molar-refractivity contribution in [2.24, 2.45) is 11.7 Å². The third kappa shape index (κ3) is 4.80. The molecule has 1 fully saturated rings. The Labute approximate surface area is 132 Å². The molecule has 1 aliphatic rings. The zero-order valence-electron chi connectivity index (χ0n) is 13.8. The van der Waals surface area contributed by atoms with Gasteiger partial charge in [-0.3, -0.25) is 4.79 Å². The van der Waals surface area contributed by atoms with Crippen LogP contribution >= 0.6 is 0 Å². The number of rotatable bonds is 7. The summed E-state index contributed by atoms with van der Waals surface area (Å²) < 4.78 is 5.19. The topological polar surface area (TPSA) is 85.2 Å². The molecule has 0 spiro atoms. The van der Waals surface area contributed by atoms with Gasteiger partial charge in [0.2, 0.25) is 11.8 Å². The Morgan fingerprint density at radius 3 is 3.05 bits per heavy atom. The molecule has 1 amide bonds. The largest absolute Gasteiger partial charge is 0.342 e. The van der Waals surface area contributed by atoms with Gasteiger partial charge < -0.3 is 15.2 Å². The molecule has 2 heterocycles. The molecule has 0 aliphatic carbocycles. The van der Waals surface area contributed by atoms with Crippen molar-refractivity contribution in [1.29, 1.82) is 0 Å². The lowest BCUT2D eigenvalue weighted by atomic mass is 9.92. The Balaban J connectivity index is 1.72. The third-order valence-corrected chi connectivity index (χ3v) is 4.32. The lowest BCUT2D eigenvalue weighted by Crippen LogP contribution is -2.45. The first-order valence-corrected chi connectivity index (χ1v) is 8.45. The lowest BCUT2D eigenvalue weighted by Gasteiger charge is -2.34. The highest BCUT2D eigenvalue weighted by atomic mass is 16.5. The van der Waals surface area contributed by atoms with Crippen molar-refractivity contribution in [3.63, 3.8) is 0 Å². The zero-order chi connectivity index (χ0) is 15.9. The van der Waals surface area contributed by atoms with Crippen LogP contribution in [0.3, 0.4) is 0 Å². The minimum absolute atomic E-state index is 0.158. The summed E-state index contributed by atoms with van der Waals surface area (Å²) >= 11 is 0. The van der Waals surface area contributed by atoms with E-state index in [1.807, 2.05) is 11.8 Å². The smallest absolute Gasteiger partial charge is 0.226 e. The van der Waals surface area contributed by atoms with E-state index in [9.17, 15) is 4.79 Å². The normalized spacial score (nSPS) is 20.1. The first-order chi connectivity index (χ1) is 10.6. The maximum absolute atomic E-state index is 12.3. The molecular formula is C16H28N4O2. The molecule has 0 saturated carbocycles. The van der Waals surface area contributed by atoms with Crippen LogP contribution in [0.2, 0.25) is 0 Å². The monoisotopic (exact) mass is 308 g/mol. The van der Waals surface area contributed by atoms with Gasteiger partial charge in [0.15, 0.2) is 5.82 Å². The van der Waals surface area contributed by atoms with Crippen molar-refractivity contribution < 1.29 is 9.32 Å². The van der Waals surface area contributed by atoms with E-state index in [4.69, 9.17) is 10.3 Å². The van der Waals surface area contributed by atoms with Crippen molar-refractivity contribution in [1.82, 2.24) is 15.0 Å². The van der Waals surface area contributed by atoms with Crippen LogP contribution in [-0.4, -0.2) is 40.1 Å². The molecular weight excluding hydrogens is 280 g/mol. The van der Waals surface area contributed by atoms with E-state index in [1.54, 1.807) is 0 Å². The number of carbonyl (C=O) groups is 1. The van der Waals surface area contributed by atoms with Crippen molar-refractivity contribution in [3.8, 4) is 0 Å². The average molecular weight is 308 g/mol. The Morgan fingerprint density at radius 2 is 2.32 bits per heavy atom. The summed E-state index contributed by atoms with van der Waals surface area (Å²) in [4.78, 5) is 18.6. The first kappa shape index (κ1) is 16.9. The number of amides is 1. The van der Waals surface area contributed by atoms with Gasteiger partial charge in [-0.1, -0.05) is 12.1 Å². The zero-order valence-corrected chi connectivity index (χ0v) is 13.8. The fraction of sp³-hybridized carbons (Fsp3) is 0.812. The number of hydrogen-bond donors (Lipinski definition) is 1. The molecule has 124 valence electrons. The predicted octanol–water partition coefficient (Wildman–Crippen LogP) is 1.93. The maximum Gasteiger partial charge on any atom is 0.226 e. The summed E-state index contributed by atoms with van der Waals surface area (Å²) in [5.41, 5.74) is 5.97. The van der Waals surface area contributed by atoms with E-state index >= 15 is 0 Å². The fourth-order valence-electron chi connectivity index (χ4n) is 2.93. The second-order valence-electron chi connectivity index (χ2n) is 6.31. The molecule has 6 heteroatoms. The summed E-state index contributed by atoms with van der Waals surface area (Å²) in [5.74, 6) is 2.06. The summed E-state index contributed by atoms with van der Waals surface area (Å²) in [7, 11) is 0. The molecule has 22 heavy (non-hydrogen) atoms. The number of nitrogens with zero attached hydrogens (tertiary/aromatic N) is 3. The summed E-state index contributed by atoms with van der Waals surface area (Å²) in [6.45, 7) is 5.78. The lowest BCUT2D eigenvalue weighted by molar-refractivity contribution is -0.133. The molecule has 2 rings (SSSR count). The number of aromatic nitrogens is 2. The van der Waals surface area contributed by atoms with E-state index < -0.39 is 0 Å². The van der Waals surface area contributed by atoms with Gasteiger partial charge in [0.25, 0.3) is 0 Å². The molecule has 0 radical (unpaired) electrons. The van der Waals surface area contributed by atoms with Crippen LogP contribution in [0, 0.1) is 5.92 Å². The highest BCUT2D eigenvalue weighted by Crippen LogP contribution is 2.19. The standard InChI is InChI=1S/C16H28N4O2/c1-3-6-14-18-15(22-19-14)8-4-9-16(21)20-10-5-7-13(11-20)12(2)17/h12-13H,3-11,17H2,1-2H3. The van der Waals surface area contributed by atoms with E-state index in [-0.39, 0.29) is 11.9 Å². The molecule has 6 nitrogen and oxygen atoms in total. The van der Waals surface area contributed by atoms with E-state index in [0.717, 1.165) is 51.0 Å². The highest BCUT2D eigenvalue weighted by Gasteiger charge is 2.25. The minimum Gasteiger partial charge on any atom is -0.342 e. The molecule has 1 saturated heterocycles. The van der Waals surface area contributed by atoms with Gasteiger partial charge in [0.1, 0.15) is 0 Å². The van der Waals surface area contributed by atoms with Crippen LogP contribution in [0.5, 0.6) is 0 Å². The second-order valence-corrected chi connectivity index (χ2v) is 6.31. The summed E-state index contributed by atoms with van der Waals surface area (Å²) in [6, 6.07) is 0.158. The van der Waals surface area contributed by atoms with Gasteiger partial charge in [0.05, 0.1) is 0 Å². The molecule has 1 aromatic heterocycles. The Bertz CT molecular complexity index is 472. The molecule has 2 atom stereocenters. The van der Waals surface area contributed by atoms with E-state index in [1.165, 1.54) is 0 Å². The van der Waals surface area contributed by atoms with Crippen molar-refractivity contribution in [2.45, 2.75) is 64.8 Å². The maximum atomic E-state index is 12.3. The van der Waals surface area contributed by atoms with Crippen LogP contribution in [-0.2, 0) is 17.6 Å². The SMILES string of the molecule is CCCc1noc(CCCC(=O)N2CCCC(C(C)N)C2)n1. The van der Waals surface area contributed by atoms with Gasteiger partial charge in [-0.2, -0.15) is 4.98 Å². The number of carbonyl (C=O) groups excluding carboxylic acids is 1. The Hall–Kier alpha value is -1.43. The Morgan fingerprint density at radius 1 is 1.50 bits per heavy atom. The van der Waals surface area contributed by atoms with Gasteiger partial charge in [-0.05, 0) is 38.5 Å². The highest BCUT2D eigenvalue weighted by molar-refractivity contribution is 5.76. The van der Waals surface area contributed by atoms with Gasteiger partial charge in [0, 0.05) is 38.4 Å². The van der Waals surface area contributed by atoms with Crippen LogP contribution in [0.15, 0.2) is 4.52 Å². The molecule has 2 unspecified atom stereocenters. The van der Waals surface area contributed by atoms with Crippen LogP contribution in [0.25, 0.3) is 0 Å². The van der Waals surface area contributed by atoms with Crippen molar-refractivity contribution in [3.05, 3.63) is 11.7 Å². The number of aryl methyl sites for hydroxylation is 2. The molecule has 0 bridgehead atoms. The van der Waals surface area contributed by atoms with Gasteiger partial charge in [-0.25, -0.2) is 0 Å². The quantitative estimate of drug-likeness (QED) is 0.832. The molecule has 1 aromatic rings. The van der Waals surface area contributed by atoms with E-state index in [0.29, 0.717) is 24.7 Å². The van der Waals surface area contributed by atoms with Crippen LogP contribution in [0.1, 0.15) is 57.7 Å². The fourth-order valence-corrected chi connectivity index (χ4v) is 2.93. The predicted molar refractivity (Wildman–Crippen MR) is 84.2 cm³/mol. The molecule has 2 N–H and O–H groups in total. The minimum atomic E-state index is 0.158. The third-order valence-electron chi connectivity index (χ3n) is 4.32. The number of hydrogen-bond acceptors (Lipinski definition) is 5.